The van der Waals surface area contributed by atoms with Crippen LogP contribution in [-0.2, 0) is 4.79 Å². The molecule has 2 rings (SSSR count). The van der Waals surface area contributed by atoms with E-state index < -0.39 is 0 Å². The molecule has 0 bridgehead atoms. The first-order valence-electron chi connectivity index (χ1n) is 6.43. The van der Waals surface area contributed by atoms with Gasteiger partial charge in [-0.2, -0.15) is 0 Å². The van der Waals surface area contributed by atoms with Crippen LogP contribution in [0.3, 0.4) is 0 Å². The van der Waals surface area contributed by atoms with Gasteiger partial charge in [-0.05, 0) is 37.9 Å². The Labute approximate surface area is 108 Å². The monoisotopic (exact) mass is 242 g/mol. The first kappa shape index (κ1) is 12.7. The maximum Gasteiger partial charge on any atom is 0.296 e. The number of carbonyl (C=O) groups excluding carboxylic acids is 1. The van der Waals surface area contributed by atoms with Gasteiger partial charge in [-0.25, -0.2) is 0 Å². The lowest BCUT2D eigenvalue weighted by atomic mass is 10.1. The number of rotatable bonds is 3. The van der Waals surface area contributed by atoms with Crippen molar-refractivity contribution in [1.29, 1.82) is 0 Å². The molecule has 2 N–H and O–H groups in total. The summed E-state index contributed by atoms with van der Waals surface area (Å²) in [6, 6.07) is 10.1. The van der Waals surface area contributed by atoms with Crippen molar-refractivity contribution in [3.63, 3.8) is 0 Å². The Morgan fingerprint density at radius 1 is 1.39 bits per heavy atom. The molecule has 94 valence electrons. The van der Waals surface area contributed by atoms with Crippen LogP contribution in [0.5, 0.6) is 0 Å². The predicted molar refractivity (Wildman–Crippen MR) is 72.0 cm³/mol. The molecule has 1 amide bonds. The van der Waals surface area contributed by atoms with Crippen LogP contribution in [0.2, 0.25) is 0 Å². The minimum absolute atomic E-state index is 0.197. The highest BCUT2D eigenvalue weighted by atomic mass is 16.1. The Balaban J connectivity index is 1.70. The summed E-state index contributed by atoms with van der Waals surface area (Å²) in [6.07, 6.45) is 3.44. The molecule has 0 unspecified atom stereocenters. The van der Waals surface area contributed by atoms with Gasteiger partial charge >= 0.3 is 0 Å². The third kappa shape index (κ3) is 4.23. The van der Waals surface area contributed by atoms with Crippen molar-refractivity contribution >= 4 is 5.91 Å². The lowest BCUT2D eigenvalue weighted by molar-refractivity contribution is -0.115. The third-order valence-electron chi connectivity index (χ3n) is 3.03. The molecular weight excluding hydrogens is 224 g/mol. The molecule has 1 fully saturated rings. The Bertz CT molecular complexity index is 439. The predicted octanol–water partition coefficient (Wildman–Crippen LogP) is 1.30. The zero-order valence-electron chi connectivity index (χ0n) is 10.4. The minimum Gasteiger partial charge on any atom is -0.345 e. The lowest BCUT2D eigenvalue weighted by Crippen LogP contribution is -2.29. The van der Waals surface area contributed by atoms with Crippen LogP contribution >= 0.6 is 0 Å². The first-order valence-corrected chi connectivity index (χ1v) is 6.43. The molecule has 0 aliphatic carbocycles. The second-order valence-corrected chi connectivity index (χ2v) is 4.45. The SMILES string of the molecule is O=C(C#Cc1ccccc1)NCC[C@H]1CCCN1. The van der Waals surface area contributed by atoms with Crippen LogP contribution in [0.4, 0.5) is 0 Å². The Morgan fingerprint density at radius 3 is 2.94 bits per heavy atom. The Morgan fingerprint density at radius 2 is 2.22 bits per heavy atom. The molecule has 1 aromatic carbocycles. The highest BCUT2D eigenvalue weighted by molar-refractivity contribution is 5.94. The highest BCUT2D eigenvalue weighted by Crippen LogP contribution is 2.07. The molecule has 0 radical (unpaired) electrons. The van der Waals surface area contributed by atoms with E-state index in [4.69, 9.17) is 0 Å². The largest absolute Gasteiger partial charge is 0.345 e. The van der Waals surface area contributed by atoms with E-state index in [-0.39, 0.29) is 5.91 Å². The van der Waals surface area contributed by atoms with E-state index in [2.05, 4.69) is 22.5 Å². The van der Waals surface area contributed by atoms with E-state index in [1.54, 1.807) is 0 Å². The van der Waals surface area contributed by atoms with Gasteiger partial charge in [0.25, 0.3) is 5.91 Å². The average Bonchev–Trinajstić information content (AvgIpc) is 2.91. The van der Waals surface area contributed by atoms with Crippen molar-refractivity contribution in [1.82, 2.24) is 10.6 Å². The number of amides is 1. The van der Waals surface area contributed by atoms with Crippen molar-refractivity contribution in [2.24, 2.45) is 0 Å². The number of nitrogens with one attached hydrogen (secondary N) is 2. The topological polar surface area (TPSA) is 41.1 Å². The number of hydrogen-bond donors (Lipinski definition) is 2. The van der Waals surface area contributed by atoms with Crippen LogP contribution in [0.15, 0.2) is 30.3 Å². The molecule has 1 aromatic rings. The molecule has 0 saturated carbocycles. The van der Waals surface area contributed by atoms with Crippen LogP contribution < -0.4 is 10.6 Å². The van der Waals surface area contributed by atoms with Gasteiger partial charge in [-0.1, -0.05) is 24.1 Å². The fraction of sp³-hybridized carbons (Fsp3) is 0.400. The number of carbonyl (C=O) groups is 1. The van der Waals surface area contributed by atoms with E-state index in [0.29, 0.717) is 12.6 Å². The minimum atomic E-state index is -0.197. The lowest BCUT2D eigenvalue weighted by Gasteiger charge is -2.08. The molecule has 1 heterocycles. The second kappa shape index (κ2) is 6.83. The summed E-state index contributed by atoms with van der Waals surface area (Å²) in [5, 5.41) is 6.23. The summed E-state index contributed by atoms with van der Waals surface area (Å²) >= 11 is 0. The molecule has 1 saturated heterocycles. The van der Waals surface area contributed by atoms with Gasteiger partial charge in [-0.15, -0.1) is 0 Å². The maximum absolute atomic E-state index is 11.5. The average molecular weight is 242 g/mol. The highest BCUT2D eigenvalue weighted by Gasteiger charge is 2.13. The zero-order valence-corrected chi connectivity index (χ0v) is 10.4. The van der Waals surface area contributed by atoms with Gasteiger partial charge in [0.1, 0.15) is 0 Å². The van der Waals surface area contributed by atoms with E-state index >= 15 is 0 Å². The summed E-state index contributed by atoms with van der Waals surface area (Å²) in [7, 11) is 0. The smallest absolute Gasteiger partial charge is 0.296 e. The molecule has 3 heteroatoms. The maximum atomic E-state index is 11.5. The standard InChI is InChI=1S/C15H18N2O/c18-15(9-8-13-5-2-1-3-6-13)17-12-10-14-7-4-11-16-14/h1-3,5-6,14,16H,4,7,10-12H2,(H,17,18)/t14-/m1/s1. The Kier molecular flexibility index (Phi) is 4.80. The Hall–Kier alpha value is -1.79. The second-order valence-electron chi connectivity index (χ2n) is 4.45. The number of benzene rings is 1. The van der Waals surface area contributed by atoms with E-state index in [1.165, 1.54) is 12.8 Å². The van der Waals surface area contributed by atoms with Crippen molar-refractivity contribution in [3.05, 3.63) is 35.9 Å². The normalized spacial score (nSPS) is 17.9. The van der Waals surface area contributed by atoms with E-state index in [0.717, 1.165) is 18.5 Å². The molecule has 0 aromatic heterocycles. The molecule has 0 spiro atoms. The summed E-state index contributed by atoms with van der Waals surface area (Å²) < 4.78 is 0. The molecule has 1 aliphatic heterocycles. The molecule has 3 nitrogen and oxygen atoms in total. The number of hydrogen-bond acceptors (Lipinski definition) is 2. The molecule has 18 heavy (non-hydrogen) atoms. The van der Waals surface area contributed by atoms with Crippen LogP contribution in [0, 0.1) is 11.8 Å². The van der Waals surface area contributed by atoms with Crippen molar-refractivity contribution < 1.29 is 4.79 Å². The van der Waals surface area contributed by atoms with Crippen LogP contribution in [0.25, 0.3) is 0 Å². The summed E-state index contributed by atoms with van der Waals surface area (Å²) in [6.45, 7) is 1.80. The summed E-state index contributed by atoms with van der Waals surface area (Å²) in [5.74, 6) is 5.25. The molecule has 1 atom stereocenters. The van der Waals surface area contributed by atoms with Crippen LogP contribution in [0.1, 0.15) is 24.8 Å². The van der Waals surface area contributed by atoms with Gasteiger partial charge < -0.3 is 10.6 Å². The van der Waals surface area contributed by atoms with Crippen LogP contribution in [-0.4, -0.2) is 25.0 Å². The van der Waals surface area contributed by atoms with Crippen molar-refractivity contribution in [3.8, 4) is 11.8 Å². The van der Waals surface area contributed by atoms with Gasteiger partial charge in [0.05, 0.1) is 0 Å². The van der Waals surface area contributed by atoms with Gasteiger partial charge in [0.15, 0.2) is 0 Å². The van der Waals surface area contributed by atoms with Crippen molar-refractivity contribution in [2.75, 3.05) is 13.1 Å². The molecular formula is C15H18N2O. The quantitative estimate of drug-likeness (QED) is 0.784. The zero-order chi connectivity index (χ0) is 12.6. The molecule has 1 aliphatic rings. The summed E-state index contributed by atoms with van der Waals surface area (Å²) in [5.41, 5.74) is 0.866. The fourth-order valence-corrected chi connectivity index (χ4v) is 2.06. The third-order valence-corrected chi connectivity index (χ3v) is 3.03. The van der Waals surface area contributed by atoms with Gasteiger partial charge in [0.2, 0.25) is 0 Å². The van der Waals surface area contributed by atoms with E-state index in [9.17, 15) is 4.79 Å². The van der Waals surface area contributed by atoms with Gasteiger partial charge in [0, 0.05) is 24.1 Å². The fourth-order valence-electron chi connectivity index (χ4n) is 2.06. The van der Waals surface area contributed by atoms with Crippen molar-refractivity contribution in [2.45, 2.75) is 25.3 Å². The van der Waals surface area contributed by atoms with E-state index in [1.807, 2.05) is 30.3 Å². The van der Waals surface area contributed by atoms with Gasteiger partial charge in [-0.3, -0.25) is 4.79 Å². The first-order chi connectivity index (χ1) is 8.84. The summed E-state index contributed by atoms with van der Waals surface area (Å²) in [4.78, 5) is 11.5.